The van der Waals surface area contributed by atoms with E-state index in [0.29, 0.717) is 11.5 Å². The molecule has 174 valence electrons. The van der Waals surface area contributed by atoms with Crippen LogP contribution in [-0.4, -0.2) is 34.7 Å². The molecule has 8 nitrogen and oxygen atoms in total. The summed E-state index contributed by atoms with van der Waals surface area (Å²) in [6.07, 6.45) is 1.03. The molecule has 4 aromatic rings. The van der Waals surface area contributed by atoms with E-state index in [0.717, 1.165) is 22.2 Å². The summed E-state index contributed by atoms with van der Waals surface area (Å²) in [5, 5.41) is 7.79. The number of fused-ring (bicyclic) bond motifs is 1. The van der Waals surface area contributed by atoms with E-state index < -0.39 is 24.0 Å². The van der Waals surface area contributed by atoms with Crippen molar-refractivity contribution in [3.05, 3.63) is 84.3 Å². The van der Waals surface area contributed by atoms with E-state index in [1.54, 1.807) is 55.2 Å². The van der Waals surface area contributed by atoms with E-state index in [1.807, 2.05) is 24.3 Å². The van der Waals surface area contributed by atoms with Gasteiger partial charge in [0.2, 0.25) is 0 Å². The molecule has 0 unspecified atom stereocenters. The summed E-state index contributed by atoms with van der Waals surface area (Å²) < 4.78 is 26.6. The van der Waals surface area contributed by atoms with Gasteiger partial charge >= 0.3 is 11.8 Å². The Kier molecular flexibility index (Phi) is 6.44. The van der Waals surface area contributed by atoms with E-state index >= 15 is 0 Å². The Morgan fingerprint density at radius 2 is 1.82 bits per heavy atom. The van der Waals surface area contributed by atoms with Gasteiger partial charge in [-0.15, -0.1) is 0 Å². The van der Waals surface area contributed by atoms with Gasteiger partial charge in [-0.2, -0.15) is 5.10 Å². The van der Waals surface area contributed by atoms with Crippen molar-refractivity contribution >= 4 is 22.7 Å². The maximum Gasteiger partial charge on any atom is 0.309 e. The van der Waals surface area contributed by atoms with Crippen molar-refractivity contribution in [2.45, 2.75) is 19.1 Å². The van der Waals surface area contributed by atoms with E-state index in [2.05, 4.69) is 10.4 Å². The molecule has 0 saturated carbocycles. The lowest BCUT2D eigenvalue weighted by Gasteiger charge is -2.26. The fraction of sp³-hybridized carbons (Fsp3) is 0.160. The number of hydrogen-bond acceptors (Lipinski definition) is 5. The molecule has 0 fully saturated rings. The van der Waals surface area contributed by atoms with Gasteiger partial charge in [0.25, 0.3) is 0 Å². The van der Waals surface area contributed by atoms with E-state index in [-0.39, 0.29) is 5.82 Å². The van der Waals surface area contributed by atoms with Crippen molar-refractivity contribution in [1.82, 2.24) is 15.1 Å². The summed E-state index contributed by atoms with van der Waals surface area (Å²) in [6, 6.07) is 18.1. The van der Waals surface area contributed by atoms with Crippen molar-refractivity contribution < 1.29 is 23.5 Å². The van der Waals surface area contributed by atoms with Crippen LogP contribution in [0.1, 0.15) is 18.6 Å². The average Bonchev–Trinajstić information content (AvgIpc) is 3.26. The molecular weight excluding hydrogens is 439 g/mol. The van der Waals surface area contributed by atoms with Crippen molar-refractivity contribution in [1.29, 1.82) is 0 Å². The molecule has 1 heterocycles. The first kappa shape index (κ1) is 22.8. The number of aromatic nitrogens is 2. The molecule has 1 aromatic heterocycles. The van der Waals surface area contributed by atoms with Crippen molar-refractivity contribution in [2.75, 3.05) is 7.11 Å². The summed E-state index contributed by atoms with van der Waals surface area (Å²) in [7, 11) is 1.56. The Hall–Kier alpha value is -4.40. The topological polar surface area (TPSA) is 108 Å². The number of nitrogens with two attached hydrogens (primary N) is 1. The quantitative estimate of drug-likeness (QED) is 0.410. The molecule has 0 radical (unpaired) electrons. The van der Waals surface area contributed by atoms with Gasteiger partial charge in [-0.05, 0) is 67.1 Å². The largest absolute Gasteiger partial charge is 0.497 e. The first-order valence-electron chi connectivity index (χ1n) is 10.5. The standard InChI is InChI=1S/C25H23FN4O4/c1-15(29-25(32)24(27)31)23(16-4-3-5-20(12-16)33-2)34-21-10-11-22-17(13-21)14-28-30(22)19-8-6-18(26)7-9-19/h3-15,23H,1-2H3,(H2,27,31)(H,29,32)/t15-,23-/m0/s1. The zero-order valence-electron chi connectivity index (χ0n) is 18.6. The molecule has 9 heteroatoms. The molecule has 0 aliphatic heterocycles. The van der Waals surface area contributed by atoms with Crippen LogP contribution in [0.5, 0.6) is 11.5 Å². The van der Waals surface area contributed by atoms with Crippen LogP contribution in [0.2, 0.25) is 0 Å². The third-order valence-electron chi connectivity index (χ3n) is 5.33. The van der Waals surface area contributed by atoms with Gasteiger partial charge in [0, 0.05) is 5.39 Å². The molecule has 0 spiro atoms. The molecule has 2 amide bonds. The SMILES string of the molecule is COc1cccc([C@@H](Oc2ccc3c(cnn3-c3ccc(F)cc3)c2)[C@H](C)NC(=O)C(N)=O)c1. The number of carbonyl (C=O) groups is 2. The minimum atomic E-state index is -1.08. The van der Waals surface area contributed by atoms with Gasteiger partial charge in [0.05, 0.1) is 30.6 Å². The molecule has 0 saturated heterocycles. The first-order valence-corrected chi connectivity index (χ1v) is 10.5. The van der Waals surface area contributed by atoms with Crippen molar-refractivity contribution in [3.8, 4) is 17.2 Å². The highest BCUT2D eigenvalue weighted by Gasteiger charge is 2.25. The van der Waals surface area contributed by atoms with Crippen molar-refractivity contribution in [2.24, 2.45) is 5.73 Å². The Morgan fingerprint density at radius 1 is 1.06 bits per heavy atom. The van der Waals surface area contributed by atoms with E-state index in [9.17, 15) is 14.0 Å². The second-order valence-electron chi connectivity index (χ2n) is 7.69. The van der Waals surface area contributed by atoms with Crippen LogP contribution in [0, 0.1) is 5.82 Å². The van der Waals surface area contributed by atoms with Crippen LogP contribution >= 0.6 is 0 Å². The van der Waals surface area contributed by atoms with Crippen LogP contribution in [0.4, 0.5) is 4.39 Å². The maximum absolute atomic E-state index is 13.3. The molecule has 4 rings (SSSR count). The van der Waals surface area contributed by atoms with E-state index in [4.69, 9.17) is 15.2 Å². The monoisotopic (exact) mass is 462 g/mol. The lowest BCUT2D eigenvalue weighted by Crippen LogP contribution is -2.44. The maximum atomic E-state index is 13.3. The van der Waals surface area contributed by atoms with Crippen LogP contribution in [-0.2, 0) is 9.59 Å². The van der Waals surface area contributed by atoms with Gasteiger partial charge < -0.3 is 20.5 Å². The summed E-state index contributed by atoms with van der Waals surface area (Å²) in [5.74, 6) is -1.15. The van der Waals surface area contributed by atoms with Crippen LogP contribution in [0.15, 0.2) is 72.9 Å². The predicted molar refractivity (Wildman–Crippen MR) is 124 cm³/mol. The normalized spacial score (nSPS) is 12.7. The Balaban J connectivity index is 1.66. The second kappa shape index (κ2) is 9.62. The fourth-order valence-corrected chi connectivity index (χ4v) is 3.65. The predicted octanol–water partition coefficient (Wildman–Crippen LogP) is 3.28. The number of hydrogen-bond donors (Lipinski definition) is 2. The molecule has 3 aromatic carbocycles. The van der Waals surface area contributed by atoms with Gasteiger partial charge in [-0.3, -0.25) is 9.59 Å². The number of methoxy groups -OCH3 is 1. The zero-order valence-corrected chi connectivity index (χ0v) is 18.6. The zero-order chi connectivity index (χ0) is 24.2. The van der Waals surface area contributed by atoms with Gasteiger partial charge in [-0.1, -0.05) is 12.1 Å². The Labute approximate surface area is 195 Å². The number of nitrogens with one attached hydrogen (secondary N) is 1. The lowest BCUT2D eigenvalue weighted by molar-refractivity contribution is -0.138. The number of ether oxygens (including phenoxy) is 2. The number of benzene rings is 3. The average molecular weight is 462 g/mol. The first-order chi connectivity index (χ1) is 16.4. The van der Waals surface area contributed by atoms with Crippen LogP contribution in [0.3, 0.4) is 0 Å². The molecular formula is C25H23FN4O4. The highest BCUT2D eigenvalue weighted by Crippen LogP contribution is 2.30. The third kappa shape index (κ3) is 4.83. The number of primary amides is 1. The minimum absolute atomic E-state index is 0.322. The summed E-state index contributed by atoms with van der Waals surface area (Å²) in [6.45, 7) is 1.72. The van der Waals surface area contributed by atoms with Gasteiger partial charge in [0.1, 0.15) is 23.4 Å². The van der Waals surface area contributed by atoms with Crippen molar-refractivity contribution in [3.63, 3.8) is 0 Å². The third-order valence-corrected chi connectivity index (χ3v) is 5.33. The molecule has 2 atom stereocenters. The number of amides is 2. The summed E-state index contributed by atoms with van der Waals surface area (Å²) in [5.41, 5.74) is 7.37. The molecule has 0 aliphatic rings. The number of nitrogens with zero attached hydrogens (tertiary/aromatic N) is 2. The lowest BCUT2D eigenvalue weighted by atomic mass is 10.0. The number of halogens is 1. The van der Waals surface area contributed by atoms with Crippen LogP contribution in [0.25, 0.3) is 16.6 Å². The molecule has 3 N–H and O–H groups in total. The van der Waals surface area contributed by atoms with Gasteiger partial charge in [-0.25, -0.2) is 9.07 Å². The number of carbonyl (C=O) groups excluding carboxylic acids is 2. The number of rotatable bonds is 7. The molecule has 0 bridgehead atoms. The van der Waals surface area contributed by atoms with Gasteiger partial charge in [0.15, 0.2) is 0 Å². The Bertz CT molecular complexity index is 1340. The Morgan fingerprint density at radius 3 is 2.53 bits per heavy atom. The van der Waals surface area contributed by atoms with E-state index in [1.165, 1.54) is 12.1 Å². The highest BCUT2D eigenvalue weighted by molar-refractivity contribution is 6.34. The fourth-order valence-electron chi connectivity index (χ4n) is 3.65. The second-order valence-corrected chi connectivity index (χ2v) is 7.69. The summed E-state index contributed by atoms with van der Waals surface area (Å²) >= 11 is 0. The smallest absolute Gasteiger partial charge is 0.309 e. The minimum Gasteiger partial charge on any atom is -0.497 e. The van der Waals surface area contributed by atoms with Crippen LogP contribution < -0.4 is 20.5 Å². The molecule has 0 aliphatic carbocycles. The highest BCUT2D eigenvalue weighted by atomic mass is 19.1. The summed E-state index contributed by atoms with van der Waals surface area (Å²) in [4.78, 5) is 23.2. The molecule has 34 heavy (non-hydrogen) atoms.